The van der Waals surface area contributed by atoms with Crippen molar-refractivity contribution in [2.75, 3.05) is 20.8 Å². The SMILES string of the molecule is COC(=O)c1cc(Cl)ccc1Cc1ccc2c(ccn2Cc2cccc(O)c2)c1.COC(=O)c1cc(Cl)ccc1Cc1ccc2c(ccn2Cc2cccc(OCC(F)(F)F)c2)c1. The maximum atomic E-state index is 12.4. The van der Waals surface area contributed by atoms with Crippen molar-refractivity contribution in [3.05, 3.63) is 200 Å². The van der Waals surface area contributed by atoms with Gasteiger partial charge < -0.3 is 28.5 Å². The van der Waals surface area contributed by atoms with Crippen molar-refractivity contribution in [1.82, 2.24) is 9.13 Å². The molecule has 0 spiro atoms. The van der Waals surface area contributed by atoms with Crippen molar-refractivity contribution < 1.29 is 42.1 Å². The maximum Gasteiger partial charge on any atom is 0.422 e. The summed E-state index contributed by atoms with van der Waals surface area (Å²) in [7, 11) is 2.70. The number of nitrogens with zero attached hydrogens (tertiary/aromatic N) is 2. The molecule has 1 N–H and O–H groups in total. The van der Waals surface area contributed by atoms with Crippen molar-refractivity contribution in [2.24, 2.45) is 0 Å². The Labute approximate surface area is 371 Å². The van der Waals surface area contributed by atoms with Gasteiger partial charge in [-0.15, -0.1) is 0 Å². The minimum atomic E-state index is -4.38. The van der Waals surface area contributed by atoms with Crippen LogP contribution in [0, 0.1) is 0 Å². The highest BCUT2D eigenvalue weighted by molar-refractivity contribution is 6.31. The van der Waals surface area contributed by atoms with E-state index in [1.54, 1.807) is 48.5 Å². The zero-order chi connectivity index (χ0) is 44.7. The number of carbonyl (C=O) groups excluding carboxylic acids is 2. The average molecular weight is 894 g/mol. The zero-order valence-electron chi connectivity index (χ0n) is 34.2. The number of halogens is 5. The summed E-state index contributed by atoms with van der Waals surface area (Å²) in [6, 6.07) is 40.7. The quantitative estimate of drug-likeness (QED) is 0.123. The molecular formula is C50H41Cl2F3N2O6. The van der Waals surface area contributed by atoms with E-state index in [1.807, 2.05) is 71.6 Å². The van der Waals surface area contributed by atoms with E-state index in [0.717, 1.165) is 55.2 Å². The Balaban J connectivity index is 0.000000191. The molecule has 0 bridgehead atoms. The first-order valence-electron chi connectivity index (χ1n) is 19.7. The smallest absolute Gasteiger partial charge is 0.422 e. The number of phenolic OH excluding ortho intramolecular Hbond substituents is 1. The first kappa shape index (κ1) is 44.4. The monoisotopic (exact) mass is 892 g/mol. The number of aromatic nitrogens is 2. The second kappa shape index (κ2) is 19.6. The lowest BCUT2D eigenvalue weighted by Gasteiger charge is -2.12. The summed E-state index contributed by atoms with van der Waals surface area (Å²) in [4.78, 5) is 24.2. The van der Waals surface area contributed by atoms with Gasteiger partial charge in [-0.3, -0.25) is 0 Å². The van der Waals surface area contributed by atoms with Crippen molar-refractivity contribution in [1.29, 1.82) is 0 Å². The molecule has 0 atom stereocenters. The molecule has 0 unspecified atom stereocenters. The van der Waals surface area contributed by atoms with E-state index in [2.05, 4.69) is 28.8 Å². The lowest BCUT2D eigenvalue weighted by atomic mass is 9.99. The van der Waals surface area contributed by atoms with Crippen LogP contribution in [0.3, 0.4) is 0 Å². The normalized spacial score (nSPS) is 11.3. The van der Waals surface area contributed by atoms with Gasteiger partial charge in [0.05, 0.1) is 25.3 Å². The largest absolute Gasteiger partial charge is 0.508 e. The second-order valence-corrected chi connectivity index (χ2v) is 15.7. The number of ether oxygens (including phenoxy) is 3. The van der Waals surface area contributed by atoms with Gasteiger partial charge >= 0.3 is 18.1 Å². The second-order valence-electron chi connectivity index (χ2n) is 14.8. The van der Waals surface area contributed by atoms with Crippen molar-refractivity contribution in [2.45, 2.75) is 32.1 Å². The third-order valence-corrected chi connectivity index (χ3v) is 10.8. The minimum absolute atomic E-state index is 0.179. The summed E-state index contributed by atoms with van der Waals surface area (Å²) >= 11 is 12.1. The number of hydrogen-bond acceptors (Lipinski definition) is 6. The summed E-state index contributed by atoms with van der Waals surface area (Å²) in [5, 5.41) is 12.8. The van der Waals surface area contributed by atoms with E-state index < -0.39 is 18.8 Å². The summed E-state index contributed by atoms with van der Waals surface area (Å²) in [5.41, 5.74) is 8.67. The predicted molar refractivity (Wildman–Crippen MR) is 239 cm³/mol. The molecule has 322 valence electrons. The molecule has 0 radical (unpaired) electrons. The Morgan fingerprint density at radius 1 is 0.587 bits per heavy atom. The Bertz CT molecular complexity index is 2920. The van der Waals surface area contributed by atoms with E-state index in [0.29, 0.717) is 47.1 Å². The Hall–Kier alpha value is -6.69. The standard InChI is InChI=1S/C26H21ClF3NO3.C24H20ClNO3/c1-33-25(32)23-14-21(27)7-6-19(23)11-17-5-8-24-20(12-17)9-10-31(24)15-18-3-2-4-22(13-18)34-16-26(28,29)30;1-29-24(28)22-14-20(25)7-6-18(22)11-16-5-8-23-19(12-16)9-10-26(23)15-17-3-2-4-21(27)13-17/h2-10,12-14H,11,15-16H2,1H3;2-10,12-14,27H,11,15H2,1H3. The number of alkyl halides is 3. The van der Waals surface area contributed by atoms with Gasteiger partial charge in [0.2, 0.25) is 0 Å². The van der Waals surface area contributed by atoms with Crippen LogP contribution < -0.4 is 4.74 Å². The number of aromatic hydroxyl groups is 1. The first-order chi connectivity index (χ1) is 30.2. The molecule has 6 aromatic carbocycles. The molecule has 0 aliphatic heterocycles. The summed E-state index contributed by atoms with van der Waals surface area (Å²) in [6.45, 7) is -0.159. The van der Waals surface area contributed by atoms with Crippen LogP contribution in [0.5, 0.6) is 11.5 Å². The van der Waals surface area contributed by atoms with E-state index in [9.17, 15) is 27.9 Å². The van der Waals surface area contributed by atoms with Crippen LogP contribution in [-0.4, -0.2) is 53.2 Å². The van der Waals surface area contributed by atoms with Crippen molar-refractivity contribution in [3.8, 4) is 11.5 Å². The molecule has 0 aliphatic rings. The average Bonchev–Trinajstić information content (AvgIpc) is 3.86. The number of fused-ring (bicyclic) bond motifs is 2. The van der Waals surface area contributed by atoms with E-state index in [1.165, 1.54) is 20.3 Å². The molecule has 2 heterocycles. The van der Waals surface area contributed by atoms with Crippen LogP contribution in [0.4, 0.5) is 13.2 Å². The number of hydrogen-bond donors (Lipinski definition) is 1. The van der Waals surface area contributed by atoms with Crippen molar-refractivity contribution in [3.63, 3.8) is 0 Å². The molecule has 0 aliphatic carbocycles. The summed E-state index contributed by atoms with van der Waals surface area (Å²) < 4.78 is 56.1. The number of phenols is 1. The van der Waals surface area contributed by atoms with E-state index >= 15 is 0 Å². The fourth-order valence-corrected chi connectivity index (χ4v) is 7.73. The molecule has 0 saturated carbocycles. The molecule has 8 aromatic rings. The fourth-order valence-electron chi connectivity index (χ4n) is 7.39. The van der Waals surface area contributed by atoms with Crippen LogP contribution in [0.2, 0.25) is 10.0 Å². The molecule has 0 amide bonds. The van der Waals surface area contributed by atoms with Gasteiger partial charge in [-0.2, -0.15) is 13.2 Å². The third kappa shape index (κ3) is 11.4. The van der Waals surface area contributed by atoms with Crippen LogP contribution in [0.15, 0.2) is 146 Å². The predicted octanol–water partition coefficient (Wildman–Crippen LogP) is 12.1. The molecule has 13 heteroatoms. The minimum Gasteiger partial charge on any atom is -0.508 e. The molecular weight excluding hydrogens is 852 g/mol. The topological polar surface area (TPSA) is 91.9 Å². The Morgan fingerprint density at radius 3 is 1.56 bits per heavy atom. The van der Waals surface area contributed by atoms with Gasteiger partial charge in [0.1, 0.15) is 11.5 Å². The molecule has 8 rings (SSSR count). The number of benzene rings is 6. The highest BCUT2D eigenvalue weighted by Crippen LogP contribution is 2.27. The highest BCUT2D eigenvalue weighted by Gasteiger charge is 2.28. The molecule has 0 saturated heterocycles. The van der Waals surface area contributed by atoms with E-state index in [4.69, 9.17) is 37.4 Å². The maximum absolute atomic E-state index is 12.4. The van der Waals surface area contributed by atoms with Gasteiger partial charge in [0, 0.05) is 46.6 Å². The van der Waals surface area contributed by atoms with Gasteiger partial charge in [0.15, 0.2) is 6.61 Å². The molecule has 63 heavy (non-hydrogen) atoms. The number of esters is 2. The Kier molecular flexibility index (Phi) is 13.8. The summed E-state index contributed by atoms with van der Waals surface area (Å²) in [6.07, 6.45) is 0.727. The van der Waals surface area contributed by atoms with Gasteiger partial charge in [0.25, 0.3) is 0 Å². The first-order valence-corrected chi connectivity index (χ1v) is 20.5. The lowest BCUT2D eigenvalue weighted by Crippen LogP contribution is -2.19. The van der Waals surface area contributed by atoms with E-state index in [-0.39, 0.29) is 17.5 Å². The summed E-state index contributed by atoms with van der Waals surface area (Å²) in [5.74, 6) is -0.379. The van der Waals surface area contributed by atoms with Crippen molar-refractivity contribution >= 4 is 56.9 Å². The Morgan fingerprint density at radius 2 is 1.08 bits per heavy atom. The molecule has 2 aromatic heterocycles. The van der Waals surface area contributed by atoms with Crippen LogP contribution >= 0.6 is 23.2 Å². The lowest BCUT2D eigenvalue weighted by molar-refractivity contribution is -0.153. The highest BCUT2D eigenvalue weighted by atomic mass is 35.5. The number of rotatable bonds is 12. The zero-order valence-corrected chi connectivity index (χ0v) is 35.7. The van der Waals surface area contributed by atoms with Gasteiger partial charge in [-0.1, -0.05) is 71.7 Å². The van der Waals surface area contributed by atoms with Gasteiger partial charge in [-0.05, 0) is 142 Å². The number of carbonyl (C=O) groups is 2. The van der Waals surface area contributed by atoms with Crippen LogP contribution in [0.1, 0.15) is 54.1 Å². The van der Waals surface area contributed by atoms with Gasteiger partial charge in [-0.25, -0.2) is 9.59 Å². The fraction of sp³-hybridized carbons (Fsp3) is 0.160. The molecule has 8 nitrogen and oxygen atoms in total. The molecule has 0 fully saturated rings. The van der Waals surface area contributed by atoms with Crippen LogP contribution in [-0.2, 0) is 35.4 Å². The number of methoxy groups -OCH3 is 2. The van der Waals surface area contributed by atoms with Crippen LogP contribution in [0.25, 0.3) is 21.8 Å². The third-order valence-electron chi connectivity index (χ3n) is 10.3.